The van der Waals surface area contributed by atoms with Crippen molar-refractivity contribution in [2.75, 3.05) is 20.1 Å². The van der Waals surface area contributed by atoms with Crippen molar-refractivity contribution in [2.24, 2.45) is 5.92 Å². The molecule has 1 saturated heterocycles. The van der Waals surface area contributed by atoms with E-state index in [-0.39, 0.29) is 29.3 Å². The molecule has 2 atom stereocenters. The third kappa shape index (κ3) is 2.92. The van der Waals surface area contributed by atoms with E-state index in [1.165, 1.54) is 36.4 Å². The first-order valence-electron chi connectivity index (χ1n) is 7.28. The molecule has 0 saturated carbocycles. The van der Waals surface area contributed by atoms with Crippen LogP contribution < -0.4 is 0 Å². The van der Waals surface area contributed by atoms with Gasteiger partial charge in [-0.15, -0.1) is 0 Å². The van der Waals surface area contributed by atoms with Crippen molar-refractivity contribution in [3.05, 3.63) is 71.3 Å². The predicted molar refractivity (Wildman–Crippen MR) is 80.9 cm³/mol. The summed E-state index contributed by atoms with van der Waals surface area (Å²) < 4.78 is 26.1. The lowest BCUT2D eigenvalue weighted by atomic mass is 9.84. The molecule has 0 spiro atoms. The van der Waals surface area contributed by atoms with Gasteiger partial charge in [0, 0.05) is 30.5 Å². The molecular weight excluding hydrogens is 284 g/mol. The van der Waals surface area contributed by atoms with Crippen LogP contribution in [0, 0.1) is 17.6 Å². The van der Waals surface area contributed by atoms with Crippen LogP contribution in [0.2, 0.25) is 0 Å². The van der Waals surface area contributed by atoms with E-state index in [1.54, 1.807) is 12.1 Å². The summed E-state index contributed by atoms with van der Waals surface area (Å²) in [6, 6.07) is 12.0. The highest BCUT2D eigenvalue weighted by Gasteiger charge is 2.37. The molecule has 1 fully saturated rings. The van der Waals surface area contributed by atoms with E-state index in [2.05, 4.69) is 4.90 Å². The average molecular weight is 301 g/mol. The number of likely N-dealkylation sites (tertiary alicyclic amines) is 1. The SMILES string of the molecule is CN1C[C@H](C(=O)c2ccc(F)cc2)[C@H](c2ccc(F)cc2)C1. The largest absolute Gasteiger partial charge is 0.305 e. The Morgan fingerprint density at radius 1 is 0.955 bits per heavy atom. The molecular formula is C18H17F2NO. The van der Waals surface area contributed by atoms with E-state index in [1.807, 2.05) is 7.05 Å². The summed E-state index contributed by atoms with van der Waals surface area (Å²) >= 11 is 0. The van der Waals surface area contributed by atoms with Gasteiger partial charge >= 0.3 is 0 Å². The minimum Gasteiger partial charge on any atom is -0.305 e. The third-order valence-corrected chi connectivity index (χ3v) is 4.27. The van der Waals surface area contributed by atoms with Crippen LogP contribution >= 0.6 is 0 Å². The summed E-state index contributed by atoms with van der Waals surface area (Å²) in [4.78, 5) is 14.8. The molecule has 2 nitrogen and oxygen atoms in total. The van der Waals surface area contributed by atoms with Crippen molar-refractivity contribution >= 4 is 5.78 Å². The molecule has 22 heavy (non-hydrogen) atoms. The number of nitrogens with zero attached hydrogens (tertiary/aromatic N) is 1. The van der Waals surface area contributed by atoms with E-state index in [4.69, 9.17) is 0 Å². The van der Waals surface area contributed by atoms with E-state index >= 15 is 0 Å². The molecule has 0 N–H and O–H groups in total. The lowest BCUT2D eigenvalue weighted by molar-refractivity contribution is 0.0915. The number of carbonyl (C=O) groups is 1. The van der Waals surface area contributed by atoms with Gasteiger partial charge in [-0.2, -0.15) is 0 Å². The van der Waals surface area contributed by atoms with Crippen LogP contribution in [0.25, 0.3) is 0 Å². The van der Waals surface area contributed by atoms with Crippen molar-refractivity contribution in [2.45, 2.75) is 5.92 Å². The summed E-state index contributed by atoms with van der Waals surface area (Å²) in [5, 5.41) is 0. The Balaban J connectivity index is 1.88. The molecule has 1 heterocycles. The molecule has 0 aliphatic carbocycles. The Labute approximate surface area is 128 Å². The Kier molecular flexibility index (Phi) is 4.03. The van der Waals surface area contributed by atoms with Gasteiger partial charge in [0.2, 0.25) is 0 Å². The molecule has 1 aliphatic rings. The molecule has 0 radical (unpaired) electrons. The van der Waals surface area contributed by atoms with Gasteiger partial charge in [0.15, 0.2) is 5.78 Å². The minimum atomic E-state index is -0.352. The van der Waals surface area contributed by atoms with Crippen molar-refractivity contribution in [3.8, 4) is 0 Å². The van der Waals surface area contributed by atoms with Gasteiger partial charge in [0.25, 0.3) is 0 Å². The molecule has 4 heteroatoms. The van der Waals surface area contributed by atoms with Crippen LogP contribution in [0.1, 0.15) is 21.8 Å². The molecule has 0 aromatic heterocycles. The van der Waals surface area contributed by atoms with Gasteiger partial charge < -0.3 is 4.90 Å². The number of Topliss-reactive ketones (excluding diaryl/α,β-unsaturated/α-hetero) is 1. The number of likely N-dealkylation sites (N-methyl/N-ethyl adjacent to an activating group) is 1. The minimum absolute atomic E-state index is 0.0127. The quantitative estimate of drug-likeness (QED) is 0.809. The first kappa shape index (κ1) is 14.9. The number of rotatable bonds is 3. The topological polar surface area (TPSA) is 20.3 Å². The lowest BCUT2D eigenvalue weighted by Gasteiger charge is -2.18. The molecule has 2 aromatic rings. The van der Waals surface area contributed by atoms with E-state index in [0.717, 1.165) is 12.1 Å². The molecule has 1 aliphatic heterocycles. The summed E-state index contributed by atoms with van der Waals surface area (Å²) in [7, 11) is 1.97. The fraction of sp³-hybridized carbons (Fsp3) is 0.278. The monoisotopic (exact) mass is 301 g/mol. The molecule has 3 rings (SSSR count). The van der Waals surface area contributed by atoms with Crippen molar-refractivity contribution in [1.82, 2.24) is 4.90 Å². The molecule has 0 amide bonds. The Hall–Kier alpha value is -2.07. The first-order chi connectivity index (χ1) is 10.5. The second kappa shape index (κ2) is 5.97. The molecule has 114 valence electrons. The van der Waals surface area contributed by atoms with E-state index in [0.29, 0.717) is 12.1 Å². The van der Waals surface area contributed by atoms with Gasteiger partial charge in [-0.25, -0.2) is 8.78 Å². The van der Waals surface area contributed by atoms with Crippen LogP contribution in [0.4, 0.5) is 8.78 Å². The van der Waals surface area contributed by atoms with Crippen molar-refractivity contribution < 1.29 is 13.6 Å². The average Bonchev–Trinajstić information content (AvgIpc) is 2.90. The normalized spacial score (nSPS) is 22.0. The second-order valence-corrected chi connectivity index (χ2v) is 5.86. The van der Waals surface area contributed by atoms with Crippen LogP contribution in [-0.2, 0) is 0 Å². The van der Waals surface area contributed by atoms with Crippen molar-refractivity contribution in [3.63, 3.8) is 0 Å². The molecule has 0 bridgehead atoms. The Morgan fingerprint density at radius 2 is 1.50 bits per heavy atom. The highest BCUT2D eigenvalue weighted by atomic mass is 19.1. The molecule has 0 unspecified atom stereocenters. The number of hydrogen-bond donors (Lipinski definition) is 0. The fourth-order valence-electron chi connectivity index (χ4n) is 3.14. The maximum atomic E-state index is 13.1. The van der Waals surface area contributed by atoms with Crippen molar-refractivity contribution in [1.29, 1.82) is 0 Å². The standard InChI is InChI=1S/C18H17F2NO/c1-21-10-16(12-2-6-14(19)7-3-12)17(11-21)18(22)13-4-8-15(20)9-5-13/h2-9,16-17H,10-11H2,1H3/t16-,17-/m0/s1. The third-order valence-electron chi connectivity index (χ3n) is 4.27. The first-order valence-corrected chi connectivity index (χ1v) is 7.28. The Bertz CT molecular complexity index is 666. The lowest BCUT2D eigenvalue weighted by Crippen LogP contribution is -2.22. The van der Waals surface area contributed by atoms with Gasteiger partial charge in [-0.1, -0.05) is 12.1 Å². The molecule has 2 aromatic carbocycles. The highest BCUT2D eigenvalue weighted by Crippen LogP contribution is 2.34. The number of hydrogen-bond acceptors (Lipinski definition) is 2. The number of carbonyl (C=O) groups excluding carboxylic acids is 1. The second-order valence-electron chi connectivity index (χ2n) is 5.86. The summed E-state index contributed by atoms with van der Waals surface area (Å²) in [5.74, 6) is -0.783. The maximum absolute atomic E-state index is 13.1. The maximum Gasteiger partial charge on any atom is 0.167 e. The van der Waals surface area contributed by atoms with Gasteiger partial charge in [0.1, 0.15) is 11.6 Å². The van der Waals surface area contributed by atoms with Crippen LogP contribution in [-0.4, -0.2) is 30.8 Å². The van der Waals surface area contributed by atoms with E-state index < -0.39 is 0 Å². The zero-order valence-electron chi connectivity index (χ0n) is 12.3. The summed E-state index contributed by atoms with van der Waals surface area (Å²) in [6.45, 7) is 1.40. The van der Waals surface area contributed by atoms with Crippen LogP contribution in [0.5, 0.6) is 0 Å². The van der Waals surface area contributed by atoms with Gasteiger partial charge in [0.05, 0.1) is 0 Å². The fourth-order valence-corrected chi connectivity index (χ4v) is 3.14. The van der Waals surface area contributed by atoms with Crippen LogP contribution in [0.15, 0.2) is 48.5 Å². The number of halogens is 2. The summed E-state index contributed by atoms with van der Waals surface area (Å²) in [5.41, 5.74) is 1.49. The Morgan fingerprint density at radius 3 is 2.09 bits per heavy atom. The van der Waals surface area contributed by atoms with E-state index in [9.17, 15) is 13.6 Å². The summed E-state index contributed by atoms with van der Waals surface area (Å²) in [6.07, 6.45) is 0. The predicted octanol–water partition coefficient (Wildman–Crippen LogP) is 3.49. The number of ketones is 1. The van der Waals surface area contributed by atoms with Crippen LogP contribution in [0.3, 0.4) is 0 Å². The smallest absolute Gasteiger partial charge is 0.167 e. The van der Waals surface area contributed by atoms with Gasteiger partial charge in [-0.3, -0.25) is 4.79 Å². The zero-order valence-corrected chi connectivity index (χ0v) is 12.3. The van der Waals surface area contributed by atoms with Gasteiger partial charge in [-0.05, 0) is 49.0 Å². The number of benzene rings is 2. The highest BCUT2D eigenvalue weighted by molar-refractivity contribution is 5.98. The zero-order chi connectivity index (χ0) is 15.7.